The Labute approximate surface area is 385 Å². The number of aliphatic hydroxyl groups is 1. The van der Waals surface area contributed by atoms with E-state index in [0.29, 0.717) is 43.7 Å². The van der Waals surface area contributed by atoms with Gasteiger partial charge in [-0.05, 0) is 80.0 Å². The third kappa shape index (κ3) is 6.22. The number of carbonyl (C=O) groups excluding carboxylic acids is 3. The predicted molar refractivity (Wildman–Crippen MR) is 251 cm³/mol. The number of amides is 1. The largest absolute Gasteiger partial charge is 0.496 e. The second-order valence-corrected chi connectivity index (χ2v) is 19.7. The number of H-pyrrole nitrogens is 1. The molecule has 3 unspecified atom stereocenters. The zero-order chi connectivity index (χ0) is 45.6. The van der Waals surface area contributed by atoms with Gasteiger partial charge in [0.2, 0.25) is 0 Å². The lowest BCUT2D eigenvalue weighted by molar-refractivity contribution is -0.216. The fraction of sp³-hybridized carbons (Fsp3) is 0.481. The van der Waals surface area contributed by atoms with Crippen LogP contribution in [0.15, 0.2) is 84.5 Å². The van der Waals surface area contributed by atoms with Gasteiger partial charge in [0.25, 0.3) is 5.91 Å². The van der Waals surface area contributed by atoms with E-state index in [4.69, 9.17) is 25.8 Å². The van der Waals surface area contributed by atoms with Crippen LogP contribution in [0, 0.1) is 11.3 Å². The van der Waals surface area contributed by atoms with Crippen LogP contribution < -0.4 is 15.0 Å². The van der Waals surface area contributed by atoms with Crippen LogP contribution in [0.5, 0.6) is 5.75 Å². The molecule has 1 saturated carbocycles. The molecule has 1 aliphatic carbocycles. The van der Waals surface area contributed by atoms with Crippen molar-refractivity contribution in [1.29, 1.82) is 0 Å². The smallest absolute Gasteiger partial charge is 0.322 e. The zero-order valence-electron chi connectivity index (χ0n) is 38.2. The highest BCUT2D eigenvalue weighted by atomic mass is 35.5. The van der Waals surface area contributed by atoms with E-state index in [1.54, 1.807) is 31.4 Å². The molecule has 1 spiro atoms. The number of methoxy groups -OCH3 is 2. The number of esters is 2. The Kier molecular flexibility index (Phi) is 10.8. The first kappa shape index (κ1) is 43.7. The van der Waals surface area contributed by atoms with E-state index < -0.39 is 45.9 Å². The summed E-state index contributed by atoms with van der Waals surface area (Å²) in [5.74, 6) is -0.793. The lowest BCUT2D eigenvalue weighted by atomic mass is 9.47. The van der Waals surface area contributed by atoms with E-state index >= 15 is 4.79 Å². The van der Waals surface area contributed by atoms with Gasteiger partial charge < -0.3 is 34.5 Å². The number of likely N-dealkylation sites (N-methyl/N-ethyl adjacent to an activating group) is 1. The van der Waals surface area contributed by atoms with Crippen molar-refractivity contribution in [1.82, 2.24) is 20.1 Å². The lowest BCUT2D eigenvalue weighted by Gasteiger charge is -2.64. The highest BCUT2D eigenvalue weighted by Gasteiger charge is 2.78. The number of halogens is 1. The van der Waals surface area contributed by atoms with Crippen LogP contribution in [-0.4, -0.2) is 122 Å². The monoisotopic (exact) mass is 901 g/mol. The molecule has 6 heterocycles. The first-order valence-electron chi connectivity index (χ1n) is 23.2. The number of para-hydroxylation sites is 1. The zero-order valence-corrected chi connectivity index (χ0v) is 39.0. The van der Waals surface area contributed by atoms with Gasteiger partial charge in [-0.1, -0.05) is 79.6 Å². The molecule has 1 amide bonds. The van der Waals surface area contributed by atoms with E-state index in [9.17, 15) is 14.7 Å². The van der Waals surface area contributed by atoms with E-state index in [1.807, 2.05) is 19.2 Å². The molecular formula is C52H60ClN5O7. The minimum Gasteiger partial charge on any atom is -0.496 e. The molecule has 1 aromatic heterocycles. The minimum absolute atomic E-state index is 0.0193. The Bertz CT molecular complexity index is 2660. The molecule has 3 N–H and O–H groups in total. The van der Waals surface area contributed by atoms with Crippen molar-refractivity contribution in [3.63, 3.8) is 0 Å². The third-order valence-corrected chi connectivity index (χ3v) is 16.6. The average Bonchev–Trinajstić information content (AvgIpc) is 3.97. The first-order valence-corrected chi connectivity index (χ1v) is 23.6. The number of nitrogens with one attached hydrogen (secondary N) is 2. The average molecular weight is 903 g/mol. The van der Waals surface area contributed by atoms with Crippen LogP contribution in [0.2, 0.25) is 5.02 Å². The minimum atomic E-state index is -1.84. The van der Waals surface area contributed by atoms with Crippen molar-refractivity contribution in [2.45, 2.75) is 87.5 Å². The molecule has 1 saturated heterocycles. The van der Waals surface area contributed by atoms with Gasteiger partial charge in [-0.25, -0.2) is 0 Å². The van der Waals surface area contributed by atoms with E-state index in [-0.39, 0.29) is 35.1 Å². The van der Waals surface area contributed by atoms with Crippen LogP contribution in [0.3, 0.4) is 0 Å². The normalized spacial score (nSPS) is 32.2. The van der Waals surface area contributed by atoms with E-state index in [2.05, 4.69) is 81.3 Å². The number of rotatable bonds is 9. The summed E-state index contributed by atoms with van der Waals surface area (Å²) in [6.07, 6.45) is 8.90. The maximum atomic E-state index is 15.5. The number of aromatic amines is 1. The number of nitrogens with zero attached hydrogens (tertiary/aromatic N) is 3. The van der Waals surface area contributed by atoms with Crippen LogP contribution >= 0.6 is 11.6 Å². The van der Waals surface area contributed by atoms with Crippen molar-refractivity contribution < 1.29 is 33.7 Å². The summed E-state index contributed by atoms with van der Waals surface area (Å²) in [5.41, 5.74) is 2.17. The van der Waals surface area contributed by atoms with Gasteiger partial charge in [0, 0.05) is 90.9 Å². The van der Waals surface area contributed by atoms with Crippen molar-refractivity contribution in [3.8, 4) is 5.75 Å². The molecule has 12 nitrogen and oxygen atoms in total. The summed E-state index contributed by atoms with van der Waals surface area (Å²) in [6, 6.07) is 18.4. The SMILES string of the molecule is CCC1=C[C@@H]2CN(CCc3c([nH]c4ccccc34)[C@@](C(=O)OC)(c3cc4c(cc3OC)N(C)[C@H]3C(O)(CNC(=O)c5ccccc5Cl)[C@H](OC(C)=O)[C@]5(CC)C=CCN6CC[C@]43C65)C2)C1. The Morgan fingerprint density at radius 3 is 2.54 bits per heavy atom. The van der Waals surface area contributed by atoms with Crippen molar-refractivity contribution in [2.75, 3.05) is 65.4 Å². The van der Waals surface area contributed by atoms with E-state index in [1.165, 1.54) is 19.6 Å². The number of hydrogen-bond acceptors (Lipinski definition) is 10. The Balaban J connectivity index is 1.24. The fourth-order valence-electron chi connectivity index (χ4n) is 14.0. The van der Waals surface area contributed by atoms with Gasteiger partial charge in [0.15, 0.2) is 0 Å². The van der Waals surface area contributed by atoms with Crippen LogP contribution in [0.25, 0.3) is 10.9 Å². The van der Waals surface area contributed by atoms with E-state index in [0.717, 1.165) is 65.9 Å². The molecule has 5 aliphatic heterocycles. The second-order valence-electron chi connectivity index (χ2n) is 19.3. The predicted octanol–water partition coefficient (Wildman–Crippen LogP) is 6.71. The molecule has 6 aliphatic rings. The standard InChI is InChI=1S/C52H60ClN5O7/c1-7-32-24-33-27-51(48(61)64-6,43-35(18-22-57(28-32)29-33)34-14-10-12-17-40(34)55-43)38-25-37-41(26-42(38)63-5)56(4)46-50(37)20-23-58-21-13-19-49(8-2,45(50)58)47(65-31(3)59)52(46,62)30-54-44(60)36-15-9-11-16-39(36)53/h9-17,19,24-26,33,45-47,55,62H,7-8,18,20-23,27-30H2,1-6H3,(H,54,60)/t33-,45?,46+,47+,49+,50+,51-,52?/m0/s1. The number of anilines is 1. The van der Waals surface area contributed by atoms with Gasteiger partial charge in [-0.3, -0.25) is 24.2 Å². The maximum absolute atomic E-state index is 15.5. The van der Waals surface area contributed by atoms with Crippen LogP contribution in [0.4, 0.5) is 5.69 Å². The van der Waals surface area contributed by atoms with Gasteiger partial charge in [-0.15, -0.1) is 0 Å². The molecule has 9 atom stereocenters. The molecular weight excluding hydrogens is 842 g/mol. The molecule has 2 bridgehead atoms. The summed E-state index contributed by atoms with van der Waals surface area (Å²) >= 11 is 6.54. The number of ether oxygens (including phenoxy) is 3. The molecule has 0 radical (unpaired) electrons. The highest BCUT2D eigenvalue weighted by molar-refractivity contribution is 6.33. The van der Waals surface area contributed by atoms with Gasteiger partial charge in [0.1, 0.15) is 22.9 Å². The highest BCUT2D eigenvalue weighted by Crippen LogP contribution is 2.68. The third-order valence-electron chi connectivity index (χ3n) is 16.3. The summed E-state index contributed by atoms with van der Waals surface area (Å²) < 4.78 is 18.9. The number of benzene rings is 3. The molecule has 4 aromatic rings. The molecule has 3 aromatic carbocycles. The van der Waals surface area contributed by atoms with Crippen LogP contribution in [-0.2, 0) is 36.3 Å². The fourth-order valence-corrected chi connectivity index (χ4v) is 14.2. The van der Waals surface area contributed by atoms with Gasteiger partial charge in [0.05, 0.1) is 37.4 Å². The number of carbonyl (C=O) groups is 3. The molecule has 65 heavy (non-hydrogen) atoms. The summed E-state index contributed by atoms with van der Waals surface area (Å²) in [4.78, 5) is 53.8. The summed E-state index contributed by atoms with van der Waals surface area (Å²) in [6.45, 7) is 9.38. The van der Waals surface area contributed by atoms with Crippen molar-refractivity contribution in [3.05, 3.63) is 117 Å². The number of hydrogen-bond donors (Lipinski definition) is 3. The maximum Gasteiger partial charge on any atom is 0.322 e. The summed E-state index contributed by atoms with van der Waals surface area (Å²) in [7, 11) is 5.11. The van der Waals surface area contributed by atoms with Crippen molar-refractivity contribution >= 4 is 46.0 Å². The Morgan fingerprint density at radius 2 is 1.80 bits per heavy atom. The number of fused-ring (bicyclic) bond motifs is 6. The molecule has 342 valence electrons. The number of aromatic nitrogens is 1. The lowest BCUT2D eigenvalue weighted by Crippen LogP contribution is -2.81. The van der Waals surface area contributed by atoms with Gasteiger partial charge >= 0.3 is 11.9 Å². The van der Waals surface area contributed by atoms with Crippen LogP contribution in [0.1, 0.15) is 79.2 Å². The van der Waals surface area contributed by atoms with Crippen molar-refractivity contribution in [2.24, 2.45) is 11.3 Å². The Hall–Kier alpha value is -5.14. The quantitative estimate of drug-likeness (QED) is 0.123. The Morgan fingerprint density at radius 1 is 1.02 bits per heavy atom. The molecule has 13 heteroatoms. The summed E-state index contributed by atoms with van der Waals surface area (Å²) in [5, 5.41) is 18.4. The molecule has 2 fully saturated rings. The first-order chi connectivity index (χ1) is 31.3. The molecule has 10 rings (SSSR count). The topological polar surface area (TPSA) is 137 Å². The van der Waals surface area contributed by atoms with Gasteiger partial charge in [-0.2, -0.15) is 0 Å². The second kappa shape index (κ2) is 16.0.